The summed E-state index contributed by atoms with van der Waals surface area (Å²) >= 11 is 0. The first-order chi connectivity index (χ1) is 18.5. The van der Waals surface area contributed by atoms with Crippen molar-refractivity contribution in [3.63, 3.8) is 0 Å². The smallest absolute Gasteiger partial charge is 0.514 e. The average molecular weight is 548 g/mol. The highest BCUT2D eigenvalue weighted by Gasteiger charge is 2.39. The molecule has 1 saturated carbocycles. The lowest BCUT2D eigenvalue weighted by atomic mass is 10.0. The number of piperidine rings is 1. The van der Waals surface area contributed by atoms with Gasteiger partial charge in [0.2, 0.25) is 5.91 Å². The summed E-state index contributed by atoms with van der Waals surface area (Å²) in [4.78, 5) is 29.2. The van der Waals surface area contributed by atoms with Crippen LogP contribution in [0.3, 0.4) is 0 Å². The molecular weight excluding hydrogens is 515 g/mol. The Bertz CT molecular complexity index is 1280. The lowest BCUT2D eigenvalue weighted by Gasteiger charge is -2.38. The fourth-order valence-corrected chi connectivity index (χ4v) is 5.77. The largest absolute Gasteiger partial charge is 0.573 e. The molecule has 0 bridgehead atoms. The van der Waals surface area contributed by atoms with E-state index in [0.29, 0.717) is 55.8 Å². The summed E-state index contributed by atoms with van der Waals surface area (Å²) < 4.78 is 44.0. The number of aryl methyl sites for hydroxylation is 1. The van der Waals surface area contributed by atoms with Crippen molar-refractivity contribution < 1.29 is 32.6 Å². The molecule has 2 aromatic rings. The van der Waals surface area contributed by atoms with Crippen LogP contribution in [0.15, 0.2) is 36.2 Å². The van der Waals surface area contributed by atoms with Gasteiger partial charge in [0.15, 0.2) is 0 Å². The predicted octanol–water partition coefficient (Wildman–Crippen LogP) is 4.17. The second-order valence-electron chi connectivity index (χ2n) is 10.5. The number of aliphatic hydroxyl groups is 1. The van der Waals surface area contributed by atoms with Gasteiger partial charge in [-0.1, -0.05) is 6.07 Å². The molecule has 1 atom stereocenters. The highest BCUT2D eigenvalue weighted by molar-refractivity contribution is 5.97. The van der Waals surface area contributed by atoms with Gasteiger partial charge in [0.25, 0.3) is 5.91 Å². The van der Waals surface area contributed by atoms with E-state index in [2.05, 4.69) is 20.1 Å². The highest BCUT2D eigenvalue weighted by Crippen LogP contribution is 2.44. The molecule has 12 heteroatoms. The summed E-state index contributed by atoms with van der Waals surface area (Å²) in [5.74, 6) is -0.468. The Kier molecular flexibility index (Phi) is 7.21. The molecule has 210 valence electrons. The molecule has 1 aromatic carbocycles. The van der Waals surface area contributed by atoms with Crippen LogP contribution in [0.5, 0.6) is 5.75 Å². The maximum absolute atomic E-state index is 13.8. The van der Waals surface area contributed by atoms with Gasteiger partial charge in [-0.3, -0.25) is 9.59 Å². The van der Waals surface area contributed by atoms with Gasteiger partial charge >= 0.3 is 6.36 Å². The minimum Gasteiger partial charge on any atom is -0.514 e. The van der Waals surface area contributed by atoms with Crippen LogP contribution in [0.4, 0.5) is 13.2 Å². The summed E-state index contributed by atoms with van der Waals surface area (Å²) in [7, 11) is 0. The van der Waals surface area contributed by atoms with Crippen LogP contribution in [0.1, 0.15) is 66.7 Å². The molecule has 2 N–H and O–H groups in total. The molecule has 0 unspecified atom stereocenters. The van der Waals surface area contributed by atoms with E-state index < -0.39 is 6.36 Å². The van der Waals surface area contributed by atoms with E-state index in [1.165, 1.54) is 25.1 Å². The minimum atomic E-state index is -4.81. The fourth-order valence-electron chi connectivity index (χ4n) is 5.77. The number of amides is 2. The molecule has 39 heavy (non-hydrogen) atoms. The second-order valence-corrected chi connectivity index (χ2v) is 10.5. The molecule has 3 aliphatic rings. The Balaban J connectivity index is 1.33. The summed E-state index contributed by atoms with van der Waals surface area (Å²) in [6.45, 7) is 4.88. The number of nitrogens with one attached hydrogen (secondary N) is 1. The van der Waals surface area contributed by atoms with Crippen LogP contribution >= 0.6 is 0 Å². The fraction of sp³-hybridized carbons (Fsp3) is 0.519. The normalized spacial score (nSPS) is 21.5. The van der Waals surface area contributed by atoms with E-state index in [-0.39, 0.29) is 35.6 Å². The van der Waals surface area contributed by atoms with Crippen molar-refractivity contribution in [3.05, 3.63) is 53.2 Å². The standard InChI is InChI=1S/C27H32F3N5O4/c1-16-24(25(18-6-7-18)35(32-16)21-4-3-5-23(13-21)39-27(28,29)30)26(38)33-10-8-20(9-11-33)34-14-19(31-17(2)37)12-22(34)15-36/h3-5,13,15,18-20,36H,6-12,14H2,1-2H3,(H,31,37)/b22-15-/t19-/m1/s1. The molecule has 9 nitrogen and oxygen atoms in total. The van der Waals surface area contributed by atoms with Gasteiger partial charge in [0.05, 0.1) is 40.6 Å². The zero-order chi connectivity index (χ0) is 27.9. The van der Waals surface area contributed by atoms with E-state index >= 15 is 0 Å². The number of carbonyl (C=O) groups excluding carboxylic acids is 2. The molecule has 5 rings (SSSR count). The number of rotatable bonds is 6. The molecule has 0 spiro atoms. The zero-order valence-corrected chi connectivity index (χ0v) is 21.9. The molecule has 2 aliphatic heterocycles. The number of hydrogen-bond donors (Lipinski definition) is 2. The Hall–Kier alpha value is -3.70. The van der Waals surface area contributed by atoms with Crippen LogP contribution < -0.4 is 10.1 Å². The van der Waals surface area contributed by atoms with E-state index in [1.54, 1.807) is 17.7 Å². The monoisotopic (exact) mass is 547 g/mol. The number of hydrogen-bond acceptors (Lipinski definition) is 6. The van der Waals surface area contributed by atoms with Crippen molar-refractivity contribution in [1.29, 1.82) is 0 Å². The molecular formula is C27H32F3N5O4. The number of likely N-dealkylation sites (tertiary alicyclic amines) is 2. The Morgan fingerprint density at radius 2 is 1.90 bits per heavy atom. The van der Waals surface area contributed by atoms with Gasteiger partial charge in [-0.05, 0) is 44.7 Å². The SMILES string of the molecule is CC(=O)N[C@@H]1C/C(=C/O)N(C2CCN(C(=O)c3c(C)nn(-c4cccc(OC(F)(F)F)c4)c3C3CC3)CC2)C1. The van der Waals surface area contributed by atoms with Gasteiger partial charge in [-0.15, -0.1) is 13.2 Å². The maximum Gasteiger partial charge on any atom is 0.573 e. The Morgan fingerprint density at radius 3 is 2.51 bits per heavy atom. The highest BCUT2D eigenvalue weighted by atomic mass is 19.4. The van der Waals surface area contributed by atoms with Crippen molar-refractivity contribution in [2.75, 3.05) is 19.6 Å². The van der Waals surface area contributed by atoms with Crippen molar-refractivity contribution in [3.8, 4) is 11.4 Å². The van der Waals surface area contributed by atoms with E-state index in [0.717, 1.165) is 30.5 Å². The number of carbonyl (C=O) groups is 2. The van der Waals surface area contributed by atoms with Crippen molar-refractivity contribution in [2.24, 2.45) is 0 Å². The first kappa shape index (κ1) is 26.9. The number of aliphatic hydroxyl groups excluding tert-OH is 1. The molecule has 3 fully saturated rings. The molecule has 3 heterocycles. The van der Waals surface area contributed by atoms with Gasteiger partial charge in [0, 0.05) is 51.0 Å². The van der Waals surface area contributed by atoms with E-state index in [1.807, 2.05) is 4.90 Å². The number of ether oxygens (including phenoxy) is 1. The van der Waals surface area contributed by atoms with Crippen molar-refractivity contribution in [1.82, 2.24) is 24.9 Å². The van der Waals surface area contributed by atoms with Crippen LogP contribution in [-0.4, -0.2) is 74.6 Å². The number of aromatic nitrogens is 2. The summed E-state index contributed by atoms with van der Waals surface area (Å²) in [6, 6.07) is 5.71. The first-order valence-corrected chi connectivity index (χ1v) is 13.2. The molecule has 1 aliphatic carbocycles. The van der Waals surface area contributed by atoms with E-state index in [4.69, 9.17) is 0 Å². The van der Waals surface area contributed by atoms with Gasteiger partial charge in [-0.2, -0.15) is 5.10 Å². The molecule has 2 saturated heterocycles. The Morgan fingerprint density at radius 1 is 1.18 bits per heavy atom. The number of nitrogens with zero attached hydrogens (tertiary/aromatic N) is 4. The minimum absolute atomic E-state index is 0.0600. The van der Waals surface area contributed by atoms with Gasteiger partial charge < -0.3 is 25.0 Å². The average Bonchev–Trinajstić information content (AvgIpc) is 3.55. The zero-order valence-electron chi connectivity index (χ0n) is 21.9. The molecule has 1 aromatic heterocycles. The number of halogens is 3. The number of benzene rings is 1. The maximum atomic E-state index is 13.8. The third kappa shape index (κ3) is 5.84. The summed E-state index contributed by atoms with van der Waals surface area (Å²) in [5, 5.41) is 17.2. The predicted molar refractivity (Wildman–Crippen MR) is 136 cm³/mol. The summed E-state index contributed by atoms with van der Waals surface area (Å²) in [5.41, 5.74) is 2.97. The molecule has 0 radical (unpaired) electrons. The lowest BCUT2D eigenvalue weighted by molar-refractivity contribution is -0.274. The van der Waals surface area contributed by atoms with Crippen molar-refractivity contribution >= 4 is 11.8 Å². The third-order valence-corrected chi connectivity index (χ3v) is 7.56. The van der Waals surface area contributed by atoms with Crippen LogP contribution in [-0.2, 0) is 4.79 Å². The van der Waals surface area contributed by atoms with E-state index in [9.17, 15) is 27.9 Å². The second kappa shape index (κ2) is 10.5. The molecule has 2 amide bonds. The quantitative estimate of drug-likeness (QED) is 0.527. The Labute approximate surface area is 224 Å². The van der Waals surface area contributed by atoms with Gasteiger partial charge in [-0.25, -0.2) is 4.68 Å². The first-order valence-electron chi connectivity index (χ1n) is 13.2. The van der Waals surface area contributed by atoms with Crippen LogP contribution in [0, 0.1) is 6.92 Å². The van der Waals surface area contributed by atoms with Crippen molar-refractivity contribution in [2.45, 2.75) is 70.3 Å². The topological polar surface area (TPSA) is 99.9 Å². The third-order valence-electron chi connectivity index (χ3n) is 7.56. The van der Waals surface area contributed by atoms with Crippen LogP contribution in [0.25, 0.3) is 5.69 Å². The van der Waals surface area contributed by atoms with Crippen LogP contribution in [0.2, 0.25) is 0 Å². The lowest BCUT2D eigenvalue weighted by Crippen LogP contribution is -2.47. The number of alkyl halides is 3. The summed E-state index contributed by atoms with van der Waals surface area (Å²) in [6.07, 6.45) is 0.0390. The van der Waals surface area contributed by atoms with Gasteiger partial charge in [0.1, 0.15) is 5.75 Å².